The maximum Gasteiger partial charge on any atom is 0.273 e. The highest BCUT2D eigenvalue weighted by Gasteiger charge is 1.93. The molecule has 1 amide bonds. The van der Waals surface area contributed by atoms with Gasteiger partial charge in [-0.05, 0) is 24.4 Å². The normalized spacial score (nSPS) is 8.33. The van der Waals surface area contributed by atoms with Crippen LogP contribution in [0.1, 0.15) is 0 Å². The minimum atomic E-state index is -0.639. The highest BCUT2D eigenvalue weighted by atomic mass is 32.2. The summed E-state index contributed by atoms with van der Waals surface area (Å²) >= 11 is 8.74. The summed E-state index contributed by atoms with van der Waals surface area (Å²) in [6.45, 7) is 0. The zero-order valence-corrected chi connectivity index (χ0v) is 10.0. The van der Waals surface area contributed by atoms with E-state index in [1.165, 1.54) is 0 Å². The van der Waals surface area contributed by atoms with E-state index in [4.69, 9.17) is 14.7 Å². The number of primary amides is 1. The number of thiocarbonyl (C=S) groups is 1. The molecule has 8 heteroatoms. The van der Waals surface area contributed by atoms with Gasteiger partial charge in [0.25, 0.3) is 10.4 Å². The summed E-state index contributed by atoms with van der Waals surface area (Å²) in [5.74, 6) is 0. The lowest BCUT2D eigenvalue weighted by atomic mass is 10.5. The fourth-order valence-electron chi connectivity index (χ4n) is 0.483. The summed E-state index contributed by atoms with van der Waals surface area (Å²) in [5, 5.41) is -0.605. The SMILES string of the molecule is NC(=O)S.NC(=S)OSc1ccncc1. The third-order valence-corrected chi connectivity index (χ3v) is 1.79. The number of carbonyl (C=O) groups excluding carboxylic acids is 1. The molecule has 4 N–H and O–H groups in total. The fourth-order valence-corrected chi connectivity index (χ4v) is 0.996. The first kappa shape index (κ1) is 14.0. The van der Waals surface area contributed by atoms with Gasteiger partial charge in [-0.1, -0.05) is 12.6 Å². The Morgan fingerprint density at radius 3 is 2.33 bits per heavy atom. The molecule has 15 heavy (non-hydrogen) atoms. The first-order valence-electron chi connectivity index (χ1n) is 3.54. The van der Waals surface area contributed by atoms with E-state index in [-0.39, 0.29) is 5.17 Å². The van der Waals surface area contributed by atoms with E-state index in [9.17, 15) is 0 Å². The van der Waals surface area contributed by atoms with Crippen LogP contribution in [0.4, 0.5) is 4.79 Å². The van der Waals surface area contributed by atoms with Crippen LogP contribution in [0.25, 0.3) is 0 Å². The molecule has 0 aliphatic carbocycles. The summed E-state index contributed by atoms with van der Waals surface area (Å²) < 4.78 is 4.83. The molecule has 0 aliphatic heterocycles. The van der Waals surface area contributed by atoms with Gasteiger partial charge in [0.05, 0.1) is 16.9 Å². The Bertz CT molecular complexity index is 317. The Morgan fingerprint density at radius 2 is 1.93 bits per heavy atom. The molecular formula is C7H9N3O2S3. The molecule has 1 rings (SSSR count). The van der Waals surface area contributed by atoms with Crippen molar-refractivity contribution < 1.29 is 8.98 Å². The summed E-state index contributed by atoms with van der Waals surface area (Å²) in [4.78, 5) is 13.8. The molecule has 0 fully saturated rings. The van der Waals surface area contributed by atoms with Crippen molar-refractivity contribution in [2.24, 2.45) is 11.5 Å². The van der Waals surface area contributed by atoms with Gasteiger partial charge < -0.3 is 15.7 Å². The average Bonchev–Trinajstić information content (AvgIpc) is 2.15. The molecule has 0 unspecified atom stereocenters. The van der Waals surface area contributed by atoms with Gasteiger partial charge in [-0.3, -0.25) is 9.78 Å². The van der Waals surface area contributed by atoms with Gasteiger partial charge in [0, 0.05) is 12.4 Å². The van der Waals surface area contributed by atoms with Gasteiger partial charge in [-0.2, -0.15) is 0 Å². The molecule has 1 aromatic heterocycles. The topological polar surface area (TPSA) is 91.2 Å². The van der Waals surface area contributed by atoms with Gasteiger partial charge in [-0.25, -0.2) is 0 Å². The van der Waals surface area contributed by atoms with E-state index >= 15 is 0 Å². The van der Waals surface area contributed by atoms with Crippen LogP contribution in [0.15, 0.2) is 29.4 Å². The zero-order chi connectivity index (χ0) is 11.7. The third kappa shape index (κ3) is 10.9. The van der Waals surface area contributed by atoms with Crippen molar-refractivity contribution >= 4 is 47.3 Å². The number of thiol groups is 1. The van der Waals surface area contributed by atoms with Crippen LogP contribution in [-0.4, -0.2) is 15.4 Å². The Hall–Kier alpha value is -0.990. The molecule has 0 aromatic carbocycles. The number of amides is 1. The number of nitrogens with zero attached hydrogens (tertiary/aromatic N) is 1. The molecular weight excluding hydrogens is 254 g/mol. The van der Waals surface area contributed by atoms with Gasteiger partial charge >= 0.3 is 0 Å². The van der Waals surface area contributed by atoms with Crippen LogP contribution < -0.4 is 11.5 Å². The van der Waals surface area contributed by atoms with E-state index in [0.29, 0.717) is 0 Å². The van der Waals surface area contributed by atoms with Crippen molar-refractivity contribution in [3.63, 3.8) is 0 Å². The summed E-state index contributed by atoms with van der Waals surface area (Å²) in [5.41, 5.74) is 9.45. The second kappa shape index (κ2) is 8.33. The molecule has 0 saturated heterocycles. The lowest BCUT2D eigenvalue weighted by molar-refractivity contribution is 0.267. The Balaban J connectivity index is 0.000000423. The van der Waals surface area contributed by atoms with Crippen molar-refractivity contribution in [1.29, 1.82) is 0 Å². The van der Waals surface area contributed by atoms with E-state index in [2.05, 4.69) is 35.6 Å². The molecule has 1 heterocycles. The van der Waals surface area contributed by atoms with Crippen LogP contribution in [0, 0.1) is 0 Å². The highest BCUT2D eigenvalue weighted by molar-refractivity contribution is 7.96. The number of carbonyl (C=O) groups is 1. The van der Waals surface area contributed by atoms with Gasteiger partial charge in [0.15, 0.2) is 0 Å². The zero-order valence-electron chi connectivity index (χ0n) is 7.49. The molecule has 1 aromatic rings. The maximum absolute atomic E-state index is 9.09. The van der Waals surface area contributed by atoms with Gasteiger partial charge in [0.2, 0.25) is 0 Å². The number of rotatable bonds is 2. The first-order chi connectivity index (χ1) is 7.02. The predicted molar refractivity (Wildman–Crippen MR) is 66.5 cm³/mol. The monoisotopic (exact) mass is 263 g/mol. The van der Waals surface area contributed by atoms with Crippen molar-refractivity contribution in [3.8, 4) is 0 Å². The second-order valence-corrected chi connectivity index (χ2v) is 3.65. The van der Waals surface area contributed by atoms with Crippen LogP contribution in [0.3, 0.4) is 0 Å². The number of pyridine rings is 1. The molecule has 0 saturated carbocycles. The quantitative estimate of drug-likeness (QED) is 0.424. The second-order valence-electron chi connectivity index (χ2n) is 2.01. The number of nitrogens with two attached hydrogens (primary N) is 2. The van der Waals surface area contributed by atoms with Crippen LogP contribution in [-0.2, 0) is 4.18 Å². The largest absolute Gasteiger partial charge is 0.393 e. The van der Waals surface area contributed by atoms with E-state index < -0.39 is 5.24 Å². The standard InChI is InChI=1S/C6H6N2OS2.CH3NOS/c7-6(10)9-11-5-1-3-8-4-2-5;2-1(3)4/h1-4H,(H2,7,10);(H3,2,3,4). The molecule has 0 atom stereocenters. The van der Waals surface area contributed by atoms with E-state index in [1.807, 2.05) is 12.1 Å². The summed E-state index contributed by atoms with van der Waals surface area (Å²) in [6, 6.07) is 3.62. The maximum atomic E-state index is 9.09. The molecule has 0 bridgehead atoms. The number of hydrogen-bond donors (Lipinski definition) is 3. The molecule has 5 nitrogen and oxygen atoms in total. The van der Waals surface area contributed by atoms with Crippen molar-refractivity contribution in [1.82, 2.24) is 4.98 Å². The van der Waals surface area contributed by atoms with Crippen LogP contribution in [0.2, 0.25) is 0 Å². The Morgan fingerprint density at radius 1 is 1.47 bits per heavy atom. The van der Waals surface area contributed by atoms with E-state index in [0.717, 1.165) is 16.9 Å². The number of hydrogen-bond acceptors (Lipinski definition) is 5. The van der Waals surface area contributed by atoms with Crippen LogP contribution >= 0.6 is 36.9 Å². The lowest BCUT2D eigenvalue weighted by Gasteiger charge is -1.98. The molecule has 0 aliphatic rings. The van der Waals surface area contributed by atoms with Crippen molar-refractivity contribution in [2.45, 2.75) is 4.90 Å². The average molecular weight is 263 g/mol. The minimum Gasteiger partial charge on any atom is -0.393 e. The molecule has 0 spiro atoms. The fraction of sp³-hybridized carbons (Fsp3) is 0. The predicted octanol–water partition coefficient (Wildman–Crippen LogP) is 1.34. The summed E-state index contributed by atoms with van der Waals surface area (Å²) in [7, 11) is 0. The minimum absolute atomic E-state index is 0.0341. The molecule has 82 valence electrons. The van der Waals surface area contributed by atoms with Crippen molar-refractivity contribution in [3.05, 3.63) is 24.5 Å². The lowest BCUT2D eigenvalue weighted by Crippen LogP contribution is -2.07. The highest BCUT2D eigenvalue weighted by Crippen LogP contribution is 2.16. The summed E-state index contributed by atoms with van der Waals surface area (Å²) in [6.07, 6.45) is 3.34. The molecule has 0 radical (unpaired) electrons. The van der Waals surface area contributed by atoms with Gasteiger partial charge in [-0.15, -0.1) is 0 Å². The van der Waals surface area contributed by atoms with E-state index in [1.54, 1.807) is 12.4 Å². The Kier molecular flexibility index (Phi) is 7.78. The number of aromatic nitrogens is 1. The van der Waals surface area contributed by atoms with Crippen molar-refractivity contribution in [2.75, 3.05) is 0 Å². The Labute approximate surface area is 102 Å². The first-order valence-corrected chi connectivity index (χ1v) is 5.14. The third-order valence-electron chi connectivity index (χ3n) is 0.870. The van der Waals surface area contributed by atoms with Crippen LogP contribution in [0.5, 0.6) is 0 Å². The smallest absolute Gasteiger partial charge is 0.273 e. The van der Waals surface area contributed by atoms with Gasteiger partial charge in [0.1, 0.15) is 0 Å².